The third-order valence-electron chi connectivity index (χ3n) is 4.00. The number of allylic oxidation sites excluding steroid dienone is 1. The molecule has 144 valence electrons. The van der Waals surface area contributed by atoms with Gasteiger partial charge in [0, 0.05) is 22.1 Å². The molecule has 3 rings (SSSR count). The van der Waals surface area contributed by atoms with Crippen molar-refractivity contribution in [3.05, 3.63) is 63.8 Å². The maximum absolute atomic E-state index is 14.1. The largest absolute Gasteiger partial charge is 0.495 e. The molecule has 0 aromatic heterocycles. The van der Waals surface area contributed by atoms with E-state index in [1.807, 2.05) is 24.3 Å². The number of ether oxygens (including phenoxy) is 1. The van der Waals surface area contributed by atoms with Crippen molar-refractivity contribution in [1.29, 1.82) is 0 Å². The van der Waals surface area contributed by atoms with Gasteiger partial charge in [0.2, 0.25) is 0 Å². The van der Waals surface area contributed by atoms with Crippen molar-refractivity contribution in [3.8, 4) is 5.75 Å². The molecule has 1 fully saturated rings. The number of rotatable bonds is 4. The van der Waals surface area contributed by atoms with Crippen LogP contribution in [0.5, 0.6) is 5.75 Å². The predicted octanol–water partition coefficient (Wildman–Crippen LogP) is 6.39. The standard InChI is InChI=1S/C19H17F4NOS2/c1-12(27-17-11-13(19(21,22)23)7-8-14(17)20)18-24(9-10-26-18)15-5-3-4-6-16(15)25-2/h3-8,11H,9-10H2,1-2H3/b18-12-. The fourth-order valence-corrected chi connectivity index (χ4v) is 4.95. The molecule has 0 amide bonds. The summed E-state index contributed by atoms with van der Waals surface area (Å²) in [6, 6.07) is 10.0. The third kappa shape index (κ3) is 4.38. The van der Waals surface area contributed by atoms with Gasteiger partial charge in [0.15, 0.2) is 0 Å². The number of nitrogens with zero attached hydrogens (tertiary/aromatic N) is 1. The molecule has 0 spiro atoms. The van der Waals surface area contributed by atoms with Gasteiger partial charge in [-0.15, -0.1) is 11.8 Å². The third-order valence-corrected chi connectivity index (χ3v) is 6.35. The van der Waals surface area contributed by atoms with E-state index in [0.29, 0.717) is 5.75 Å². The molecule has 1 aliphatic heterocycles. The first kappa shape index (κ1) is 19.9. The van der Waals surface area contributed by atoms with Crippen LogP contribution in [0.15, 0.2) is 57.3 Å². The van der Waals surface area contributed by atoms with Crippen LogP contribution < -0.4 is 9.64 Å². The van der Waals surface area contributed by atoms with Crippen LogP contribution >= 0.6 is 23.5 Å². The molecular formula is C19H17F4NOS2. The summed E-state index contributed by atoms with van der Waals surface area (Å²) < 4.78 is 58.3. The molecule has 2 nitrogen and oxygen atoms in total. The minimum absolute atomic E-state index is 0.0395. The molecule has 2 aromatic rings. The number of halogens is 4. The van der Waals surface area contributed by atoms with Crippen LogP contribution in [0.25, 0.3) is 0 Å². The van der Waals surface area contributed by atoms with E-state index in [0.717, 1.165) is 57.9 Å². The highest BCUT2D eigenvalue weighted by Gasteiger charge is 2.31. The van der Waals surface area contributed by atoms with Crippen molar-refractivity contribution in [3.63, 3.8) is 0 Å². The number of para-hydroxylation sites is 2. The Hall–Kier alpha value is -1.80. The number of thioether (sulfide) groups is 2. The molecule has 0 atom stereocenters. The Bertz CT molecular complexity index is 867. The molecule has 27 heavy (non-hydrogen) atoms. The first-order valence-corrected chi connectivity index (χ1v) is 9.90. The topological polar surface area (TPSA) is 12.5 Å². The summed E-state index contributed by atoms with van der Waals surface area (Å²) in [5, 5.41) is 0.890. The molecule has 0 aliphatic carbocycles. The Morgan fingerprint density at radius 2 is 1.93 bits per heavy atom. The van der Waals surface area contributed by atoms with Crippen LogP contribution in [-0.4, -0.2) is 19.4 Å². The fraction of sp³-hybridized carbons (Fsp3) is 0.263. The Balaban J connectivity index is 1.94. The molecule has 2 aromatic carbocycles. The minimum atomic E-state index is -4.50. The molecule has 0 saturated carbocycles. The predicted molar refractivity (Wildman–Crippen MR) is 103 cm³/mol. The van der Waals surface area contributed by atoms with Crippen LogP contribution in [0.1, 0.15) is 12.5 Å². The number of hydrogen-bond acceptors (Lipinski definition) is 4. The van der Waals surface area contributed by atoms with E-state index in [1.165, 1.54) is 0 Å². The number of benzene rings is 2. The summed E-state index contributed by atoms with van der Waals surface area (Å²) in [6.07, 6.45) is -4.50. The quantitative estimate of drug-likeness (QED) is 0.424. The zero-order valence-electron chi connectivity index (χ0n) is 14.6. The lowest BCUT2D eigenvalue weighted by atomic mass is 10.2. The van der Waals surface area contributed by atoms with E-state index in [1.54, 1.807) is 25.8 Å². The zero-order valence-corrected chi connectivity index (χ0v) is 16.3. The molecule has 8 heteroatoms. The van der Waals surface area contributed by atoms with E-state index in [9.17, 15) is 17.6 Å². The van der Waals surface area contributed by atoms with E-state index in [-0.39, 0.29) is 4.90 Å². The molecular weight excluding hydrogens is 398 g/mol. The van der Waals surface area contributed by atoms with Gasteiger partial charge in [-0.3, -0.25) is 0 Å². The van der Waals surface area contributed by atoms with E-state index < -0.39 is 17.6 Å². The zero-order chi connectivity index (χ0) is 19.6. The maximum Gasteiger partial charge on any atom is 0.416 e. The second-order valence-electron chi connectivity index (χ2n) is 5.78. The SMILES string of the molecule is COc1ccccc1N1CCS/C1=C(/C)Sc1cc(C(F)(F)F)ccc1F. The number of anilines is 1. The van der Waals surface area contributed by atoms with Crippen LogP contribution in [0.4, 0.5) is 23.2 Å². The van der Waals surface area contributed by atoms with Crippen molar-refractivity contribution in [2.24, 2.45) is 0 Å². The molecule has 0 N–H and O–H groups in total. The second kappa shape index (κ2) is 8.06. The lowest BCUT2D eigenvalue weighted by Gasteiger charge is -2.23. The average molecular weight is 415 g/mol. The summed E-state index contributed by atoms with van der Waals surface area (Å²) in [5.74, 6) is 0.872. The first-order valence-electron chi connectivity index (χ1n) is 8.10. The van der Waals surface area contributed by atoms with Crippen LogP contribution in [0.3, 0.4) is 0 Å². The molecule has 0 unspecified atom stereocenters. The van der Waals surface area contributed by atoms with Gasteiger partial charge in [-0.2, -0.15) is 13.2 Å². The minimum Gasteiger partial charge on any atom is -0.495 e. The Morgan fingerprint density at radius 1 is 1.19 bits per heavy atom. The fourth-order valence-electron chi connectivity index (χ4n) is 2.75. The van der Waals surface area contributed by atoms with Crippen molar-refractivity contribution >= 4 is 29.2 Å². The van der Waals surface area contributed by atoms with Crippen LogP contribution in [0.2, 0.25) is 0 Å². The van der Waals surface area contributed by atoms with Crippen LogP contribution in [-0.2, 0) is 6.18 Å². The summed E-state index contributed by atoms with van der Waals surface area (Å²) in [7, 11) is 1.59. The van der Waals surface area contributed by atoms with Crippen molar-refractivity contribution in [2.75, 3.05) is 24.3 Å². The molecule has 1 heterocycles. The number of methoxy groups -OCH3 is 1. The van der Waals surface area contributed by atoms with E-state index in [2.05, 4.69) is 4.90 Å². The maximum atomic E-state index is 14.1. The number of alkyl halides is 3. The van der Waals surface area contributed by atoms with Gasteiger partial charge in [-0.05, 0) is 37.3 Å². The number of hydrogen-bond donors (Lipinski definition) is 0. The van der Waals surface area contributed by atoms with Gasteiger partial charge in [0.1, 0.15) is 11.6 Å². The lowest BCUT2D eigenvalue weighted by Crippen LogP contribution is -2.18. The van der Waals surface area contributed by atoms with Gasteiger partial charge >= 0.3 is 6.18 Å². The highest BCUT2D eigenvalue weighted by atomic mass is 32.2. The molecule has 1 saturated heterocycles. The monoisotopic (exact) mass is 415 g/mol. The van der Waals surface area contributed by atoms with E-state index >= 15 is 0 Å². The van der Waals surface area contributed by atoms with Crippen LogP contribution in [0, 0.1) is 5.82 Å². The second-order valence-corrected chi connectivity index (χ2v) is 8.12. The Morgan fingerprint density at radius 3 is 2.63 bits per heavy atom. The van der Waals surface area contributed by atoms with Gasteiger partial charge < -0.3 is 9.64 Å². The lowest BCUT2D eigenvalue weighted by molar-refractivity contribution is -0.137. The summed E-state index contributed by atoms with van der Waals surface area (Å²) >= 11 is 2.60. The highest BCUT2D eigenvalue weighted by molar-refractivity contribution is 8.07. The highest BCUT2D eigenvalue weighted by Crippen LogP contribution is 2.44. The van der Waals surface area contributed by atoms with Gasteiger partial charge in [0.25, 0.3) is 0 Å². The molecule has 1 aliphatic rings. The smallest absolute Gasteiger partial charge is 0.416 e. The van der Waals surface area contributed by atoms with E-state index in [4.69, 9.17) is 4.74 Å². The Kier molecular flexibility index (Phi) is 5.95. The van der Waals surface area contributed by atoms with Crippen molar-refractivity contribution < 1.29 is 22.3 Å². The molecule has 0 radical (unpaired) electrons. The van der Waals surface area contributed by atoms with Gasteiger partial charge in [-0.1, -0.05) is 23.9 Å². The van der Waals surface area contributed by atoms with Gasteiger partial charge in [0.05, 0.1) is 23.4 Å². The molecule has 0 bridgehead atoms. The van der Waals surface area contributed by atoms with Crippen molar-refractivity contribution in [1.82, 2.24) is 0 Å². The first-order chi connectivity index (χ1) is 12.8. The summed E-state index contributed by atoms with van der Waals surface area (Å²) in [4.78, 5) is 2.75. The average Bonchev–Trinajstić information content (AvgIpc) is 3.12. The van der Waals surface area contributed by atoms with Crippen molar-refractivity contribution in [2.45, 2.75) is 18.0 Å². The summed E-state index contributed by atoms with van der Waals surface area (Å²) in [5.41, 5.74) is 0.0225. The Labute approximate surface area is 163 Å². The van der Waals surface area contributed by atoms with Gasteiger partial charge in [-0.25, -0.2) is 4.39 Å². The summed E-state index contributed by atoms with van der Waals surface area (Å²) in [6.45, 7) is 2.53. The normalized spacial score (nSPS) is 16.6.